The molecule has 0 bridgehead atoms. The minimum absolute atomic E-state index is 0.0221. The Kier molecular flexibility index (Phi) is 5.64. The number of hydrogen-bond donors (Lipinski definition) is 2. The fourth-order valence-corrected chi connectivity index (χ4v) is 3.36. The Hall–Kier alpha value is -2.04. The predicted molar refractivity (Wildman–Crippen MR) is 91.8 cm³/mol. The highest BCUT2D eigenvalue weighted by Crippen LogP contribution is 2.38. The van der Waals surface area contributed by atoms with Gasteiger partial charge in [0.15, 0.2) is 0 Å². The zero-order valence-corrected chi connectivity index (χ0v) is 14.1. The number of rotatable bonds is 6. The first-order chi connectivity index (χ1) is 10.9. The van der Waals surface area contributed by atoms with E-state index in [0.29, 0.717) is 19.4 Å². The molecule has 1 saturated carbocycles. The van der Waals surface area contributed by atoms with Crippen LogP contribution in [0.15, 0.2) is 24.3 Å². The molecule has 1 aliphatic carbocycles. The lowest BCUT2D eigenvalue weighted by molar-refractivity contribution is -0.139. The lowest BCUT2D eigenvalue weighted by Crippen LogP contribution is -2.46. The maximum Gasteiger partial charge on any atom is 0.230 e. The van der Waals surface area contributed by atoms with Crippen molar-refractivity contribution in [1.29, 1.82) is 0 Å². The van der Waals surface area contributed by atoms with E-state index in [2.05, 4.69) is 5.32 Å². The number of carbonyl (C=O) groups excluding carboxylic acids is 2. The van der Waals surface area contributed by atoms with Gasteiger partial charge in [-0.05, 0) is 30.9 Å². The zero-order valence-electron chi connectivity index (χ0n) is 14.1. The molecule has 0 saturated heterocycles. The minimum atomic E-state index is -0.412. The Morgan fingerprint density at radius 2 is 1.87 bits per heavy atom. The smallest absolute Gasteiger partial charge is 0.230 e. The molecule has 23 heavy (non-hydrogen) atoms. The highest BCUT2D eigenvalue weighted by atomic mass is 16.2. The standard InChI is InChI=1S/C18H27N3O2/c1-21(2)17(23)18(11-5-6-12-18)13-20-16(22)10-9-14-7-3-4-8-15(14)19/h3-4,7-8H,5-6,9-13,19H2,1-2H3,(H,20,22). The molecule has 5 nitrogen and oxygen atoms in total. The first-order valence-electron chi connectivity index (χ1n) is 8.26. The Morgan fingerprint density at radius 3 is 2.48 bits per heavy atom. The van der Waals surface area contributed by atoms with Crippen molar-refractivity contribution in [2.45, 2.75) is 38.5 Å². The first-order valence-corrected chi connectivity index (χ1v) is 8.26. The molecule has 1 aromatic carbocycles. The molecule has 3 N–H and O–H groups in total. The van der Waals surface area contributed by atoms with Gasteiger partial charge < -0.3 is 16.0 Å². The number of para-hydroxylation sites is 1. The van der Waals surface area contributed by atoms with E-state index in [1.165, 1.54) is 0 Å². The number of hydrogen-bond acceptors (Lipinski definition) is 3. The van der Waals surface area contributed by atoms with Gasteiger partial charge in [0.2, 0.25) is 11.8 Å². The second kappa shape index (κ2) is 7.49. The van der Waals surface area contributed by atoms with E-state index in [-0.39, 0.29) is 11.8 Å². The minimum Gasteiger partial charge on any atom is -0.399 e. The summed E-state index contributed by atoms with van der Waals surface area (Å²) in [5.41, 5.74) is 7.19. The average molecular weight is 317 g/mol. The van der Waals surface area contributed by atoms with E-state index in [1.807, 2.05) is 24.3 Å². The molecule has 0 aromatic heterocycles. The van der Waals surface area contributed by atoms with E-state index < -0.39 is 5.41 Å². The SMILES string of the molecule is CN(C)C(=O)C1(CNC(=O)CCc2ccccc2N)CCCC1. The number of carbonyl (C=O) groups is 2. The molecule has 0 atom stereocenters. The van der Waals surface area contributed by atoms with Crippen LogP contribution in [0, 0.1) is 5.41 Å². The van der Waals surface area contributed by atoms with Crippen molar-refractivity contribution in [2.75, 3.05) is 26.4 Å². The van der Waals surface area contributed by atoms with Crippen molar-refractivity contribution in [3.8, 4) is 0 Å². The van der Waals surface area contributed by atoms with Crippen LogP contribution in [-0.2, 0) is 16.0 Å². The van der Waals surface area contributed by atoms with Gasteiger partial charge >= 0.3 is 0 Å². The van der Waals surface area contributed by atoms with Crippen LogP contribution in [0.1, 0.15) is 37.7 Å². The largest absolute Gasteiger partial charge is 0.399 e. The Bertz CT molecular complexity index is 563. The number of anilines is 1. The van der Waals surface area contributed by atoms with Crippen molar-refractivity contribution in [2.24, 2.45) is 5.41 Å². The molecule has 0 radical (unpaired) electrons. The highest BCUT2D eigenvalue weighted by Gasteiger charge is 2.42. The molecule has 5 heteroatoms. The van der Waals surface area contributed by atoms with Gasteiger partial charge in [-0.25, -0.2) is 0 Å². The molecule has 2 amide bonds. The van der Waals surface area contributed by atoms with Gasteiger partial charge in [0.1, 0.15) is 0 Å². The molecule has 0 unspecified atom stereocenters. The van der Waals surface area contributed by atoms with Gasteiger partial charge in [-0.15, -0.1) is 0 Å². The molecule has 0 heterocycles. The maximum absolute atomic E-state index is 12.5. The number of nitrogens with zero attached hydrogens (tertiary/aromatic N) is 1. The van der Waals surface area contributed by atoms with Gasteiger partial charge in [-0.3, -0.25) is 9.59 Å². The third-order valence-corrected chi connectivity index (χ3v) is 4.72. The van der Waals surface area contributed by atoms with E-state index in [1.54, 1.807) is 19.0 Å². The maximum atomic E-state index is 12.5. The molecule has 1 aliphatic rings. The van der Waals surface area contributed by atoms with Crippen LogP contribution in [0.25, 0.3) is 0 Å². The number of nitrogens with one attached hydrogen (secondary N) is 1. The molecular formula is C18H27N3O2. The summed E-state index contributed by atoms with van der Waals surface area (Å²) in [6.07, 6.45) is 4.82. The van der Waals surface area contributed by atoms with Crippen LogP contribution in [0.2, 0.25) is 0 Å². The summed E-state index contributed by atoms with van der Waals surface area (Å²) < 4.78 is 0. The Morgan fingerprint density at radius 1 is 1.22 bits per heavy atom. The normalized spacial score (nSPS) is 16.1. The van der Waals surface area contributed by atoms with Gasteiger partial charge in [0.25, 0.3) is 0 Å². The summed E-state index contributed by atoms with van der Waals surface area (Å²) in [6, 6.07) is 7.59. The summed E-state index contributed by atoms with van der Waals surface area (Å²) in [7, 11) is 3.56. The Labute approximate surface area is 138 Å². The molecule has 126 valence electrons. The second-order valence-corrected chi connectivity index (χ2v) is 6.66. The lowest BCUT2D eigenvalue weighted by atomic mass is 9.84. The van der Waals surface area contributed by atoms with Crippen molar-refractivity contribution in [3.63, 3.8) is 0 Å². The van der Waals surface area contributed by atoms with Crippen LogP contribution in [0.5, 0.6) is 0 Å². The Balaban J connectivity index is 1.87. The van der Waals surface area contributed by atoms with E-state index in [4.69, 9.17) is 5.73 Å². The van der Waals surface area contributed by atoms with Crippen molar-refractivity contribution < 1.29 is 9.59 Å². The fourth-order valence-electron chi connectivity index (χ4n) is 3.36. The van der Waals surface area contributed by atoms with Gasteiger partial charge in [0, 0.05) is 32.7 Å². The van der Waals surface area contributed by atoms with E-state index in [9.17, 15) is 9.59 Å². The lowest BCUT2D eigenvalue weighted by Gasteiger charge is -2.30. The molecule has 0 aliphatic heterocycles. The third-order valence-electron chi connectivity index (χ3n) is 4.72. The number of amides is 2. The summed E-state index contributed by atoms with van der Waals surface area (Å²) in [5.74, 6) is 0.105. The van der Waals surface area contributed by atoms with Crippen molar-refractivity contribution in [3.05, 3.63) is 29.8 Å². The van der Waals surface area contributed by atoms with Crippen LogP contribution >= 0.6 is 0 Å². The van der Waals surface area contributed by atoms with Gasteiger partial charge in [-0.2, -0.15) is 0 Å². The topological polar surface area (TPSA) is 75.4 Å². The average Bonchev–Trinajstić information content (AvgIpc) is 3.01. The molecule has 1 fully saturated rings. The fraction of sp³-hybridized carbons (Fsp3) is 0.556. The number of nitrogens with two attached hydrogens (primary N) is 1. The van der Waals surface area contributed by atoms with Crippen LogP contribution in [0.3, 0.4) is 0 Å². The van der Waals surface area contributed by atoms with Gasteiger partial charge in [0.05, 0.1) is 5.41 Å². The van der Waals surface area contributed by atoms with E-state index in [0.717, 1.165) is 36.9 Å². The van der Waals surface area contributed by atoms with Crippen LogP contribution in [-0.4, -0.2) is 37.4 Å². The molecule has 0 spiro atoms. The quantitative estimate of drug-likeness (QED) is 0.788. The molecule has 1 aromatic rings. The summed E-state index contributed by atoms with van der Waals surface area (Å²) in [6.45, 7) is 0.438. The number of benzene rings is 1. The summed E-state index contributed by atoms with van der Waals surface area (Å²) in [5, 5.41) is 2.96. The highest BCUT2D eigenvalue weighted by molar-refractivity contribution is 5.84. The monoisotopic (exact) mass is 317 g/mol. The third kappa shape index (κ3) is 4.24. The number of aryl methyl sites for hydroxylation is 1. The van der Waals surface area contributed by atoms with Crippen LogP contribution < -0.4 is 11.1 Å². The number of nitrogen functional groups attached to an aromatic ring is 1. The first kappa shape index (κ1) is 17.3. The van der Waals surface area contributed by atoms with Crippen LogP contribution in [0.4, 0.5) is 5.69 Å². The second-order valence-electron chi connectivity index (χ2n) is 6.66. The van der Waals surface area contributed by atoms with Crippen molar-refractivity contribution in [1.82, 2.24) is 10.2 Å². The summed E-state index contributed by atoms with van der Waals surface area (Å²) in [4.78, 5) is 26.2. The van der Waals surface area contributed by atoms with Gasteiger partial charge in [-0.1, -0.05) is 31.0 Å². The molecule has 2 rings (SSSR count). The molecular weight excluding hydrogens is 290 g/mol. The predicted octanol–water partition coefficient (Wildman–Crippen LogP) is 1.97. The van der Waals surface area contributed by atoms with E-state index >= 15 is 0 Å². The van der Waals surface area contributed by atoms with Crippen molar-refractivity contribution >= 4 is 17.5 Å². The summed E-state index contributed by atoms with van der Waals surface area (Å²) >= 11 is 0. The zero-order chi connectivity index (χ0) is 16.9.